The second-order valence-corrected chi connectivity index (χ2v) is 7.72. The molecule has 0 radical (unpaired) electrons. The smallest absolute Gasteiger partial charge is 0.321 e. The highest BCUT2D eigenvalue weighted by Gasteiger charge is 2.22. The lowest BCUT2D eigenvalue weighted by molar-refractivity contribution is 0.179. The highest BCUT2D eigenvalue weighted by Crippen LogP contribution is 2.20. The molecule has 144 valence electrons. The van der Waals surface area contributed by atoms with Gasteiger partial charge < -0.3 is 4.57 Å². The lowest BCUT2D eigenvalue weighted by Gasteiger charge is -2.29. The van der Waals surface area contributed by atoms with Crippen LogP contribution in [-0.4, -0.2) is 36.7 Å². The summed E-state index contributed by atoms with van der Waals surface area (Å²) in [5.41, 5.74) is 0.505. The minimum atomic E-state index is -0.320. The maximum atomic E-state index is 12.8. The van der Waals surface area contributed by atoms with E-state index in [1.54, 1.807) is 14.1 Å². The second kappa shape index (κ2) is 7.78. The first-order valence-electron chi connectivity index (χ1n) is 9.81. The number of imidazole rings is 1. The molecule has 7 heteroatoms. The van der Waals surface area contributed by atoms with E-state index < -0.39 is 0 Å². The van der Waals surface area contributed by atoms with Crippen LogP contribution in [0.25, 0.3) is 11.2 Å². The molecule has 0 bridgehead atoms. The summed E-state index contributed by atoms with van der Waals surface area (Å²) in [6, 6.07) is 0. The summed E-state index contributed by atoms with van der Waals surface area (Å²) in [6.07, 6.45) is 5.67. The van der Waals surface area contributed by atoms with Gasteiger partial charge >= 0.3 is 5.69 Å². The molecule has 2 aromatic rings. The highest BCUT2D eigenvalue weighted by molar-refractivity contribution is 5.71. The van der Waals surface area contributed by atoms with Crippen LogP contribution >= 0.6 is 0 Å². The Kier molecular flexibility index (Phi) is 5.65. The van der Waals surface area contributed by atoms with Crippen molar-refractivity contribution in [3.63, 3.8) is 0 Å². The summed E-state index contributed by atoms with van der Waals surface area (Å²) in [6.45, 7) is 8.12. The highest BCUT2D eigenvalue weighted by atomic mass is 16.2. The number of hydrogen-bond acceptors (Lipinski definition) is 4. The number of piperidine rings is 1. The quantitative estimate of drug-likeness (QED) is 0.737. The summed E-state index contributed by atoms with van der Waals surface area (Å²) >= 11 is 0. The SMILES string of the molecule is CCCCCn1c(CN2CCC(C)CC2)nc2c1c(=O)n(C)c(=O)n2C. The molecule has 0 unspecified atom stereocenters. The molecule has 1 aliphatic rings. The van der Waals surface area contributed by atoms with Crippen molar-refractivity contribution in [2.75, 3.05) is 13.1 Å². The third kappa shape index (κ3) is 3.49. The number of fused-ring (bicyclic) bond motifs is 1. The van der Waals surface area contributed by atoms with Gasteiger partial charge in [-0.1, -0.05) is 26.7 Å². The summed E-state index contributed by atoms with van der Waals surface area (Å²) < 4.78 is 4.74. The Labute approximate surface area is 154 Å². The maximum Gasteiger partial charge on any atom is 0.332 e. The number of likely N-dealkylation sites (tertiary alicyclic amines) is 1. The zero-order chi connectivity index (χ0) is 18.8. The Morgan fingerprint density at radius 2 is 1.77 bits per heavy atom. The molecule has 0 saturated carbocycles. The van der Waals surface area contributed by atoms with Crippen LogP contribution in [0.1, 0.15) is 51.8 Å². The molecule has 0 atom stereocenters. The lowest BCUT2D eigenvalue weighted by atomic mass is 9.99. The van der Waals surface area contributed by atoms with Gasteiger partial charge in [-0.2, -0.15) is 0 Å². The van der Waals surface area contributed by atoms with Gasteiger partial charge in [0.05, 0.1) is 6.54 Å². The van der Waals surface area contributed by atoms with Crippen LogP contribution in [0.15, 0.2) is 9.59 Å². The minimum Gasteiger partial charge on any atom is -0.321 e. The van der Waals surface area contributed by atoms with E-state index in [0.717, 1.165) is 57.2 Å². The molecule has 3 heterocycles. The Morgan fingerprint density at radius 3 is 2.42 bits per heavy atom. The molecule has 7 nitrogen and oxygen atoms in total. The first kappa shape index (κ1) is 18.9. The Balaban J connectivity index is 2.04. The van der Waals surface area contributed by atoms with Gasteiger partial charge in [0.1, 0.15) is 5.82 Å². The van der Waals surface area contributed by atoms with E-state index in [1.165, 1.54) is 22.0 Å². The summed E-state index contributed by atoms with van der Waals surface area (Å²) in [5.74, 6) is 1.69. The molecule has 0 aliphatic carbocycles. The number of unbranched alkanes of at least 4 members (excludes halogenated alkanes) is 2. The molecular formula is C19H31N5O2. The van der Waals surface area contributed by atoms with E-state index in [9.17, 15) is 9.59 Å². The fourth-order valence-corrected chi connectivity index (χ4v) is 3.79. The van der Waals surface area contributed by atoms with Gasteiger partial charge in [-0.3, -0.25) is 18.8 Å². The predicted octanol–water partition coefficient (Wildman–Crippen LogP) is 1.86. The molecule has 1 aliphatic heterocycles. The summed E-state index contributed by atoms with van der Waals surface area (Å²) in [5, 5.41) is 0. The molecule has 0 spiro atoms. The second-order valence-electron chi connectivity index (χ2n) is 7.72. The molecule has 0 amide bonds. The zero-order valence-electron chi connectivity index (χ0n) is 16.5. The van der Waals surface area contributed by atoms with Crippen molar-refractivity contribution in [1.82, 2.24) is 23.6 Å². The van der Waals surface area contributed by atoms with Crippen LogP contribution < -0.4 is 11.2 Å². The molecule has 0 aromatic carbocycles. The topological polar surface area (TPSA) is 65.1 Å². The van der Waals surface area contributed by atoms with Gasteiger partial charge in [-0.05, 0) is 38.3 Å². The maximum absolute atomic E-state index is 12.8. The molecule has 2 aromatic heterocycles. The molecular weight excluding hydrogens is 330 g/mol. The Morgan fingerprint density at radius 1 is 1.08 bits per heavy atom. The van der Waals surface area contributed by atoms with E-state index in [4.69, 9.17) is 4.98 Å². The van der Waals surface area contributed by atoms with Gasteiger partial charge in [-0.25, -0.2) is 9.78 Å². The van der Waals surface area contributed by atoms with E-state index >= 15 is 0 Å². The number of aryl methyl sites for hydroxylation is 2. The van der Waals surface area contributed by atoms with Crippen molar-refractivity contribution in [1.29, 1.82) is 0 Å². The van der Waals surface area contributed by atoms with Crippen molar-refractivity contribution in [2.24, 2.45) is 20.0 Å². The van der Waals surface area contributed by atoms with Crippen molar-refractivity contribution >= 4 is 11.2 Å². The Hall–Kier alpha value is -1.89. The fraction of sp³-hybridized carbons (Fsp3) is 0.737. The monoisotopic (exact) mass is 361 g/mol. The number of hydrogen-bond donors (Lipinski definition) is 0. The van der Waals surface area contributed by atoms with Gasteiger partial charge in [-0.15, -0.1) is 0 Å². The number of nitrogens with zero attached hydrogens (tertiary/aromatic N) is 5. The van der Waals surface area contributed by atoms with Crippen LogP contribution in [0.4, 0.5) is 0 Å². The number of aromatic nitrogens is 4. The van der Waals surface area contributed by atoms with Crippen LogP contribution in [0.3, 0.4) is 0 Å². The van der Waals surface area contributed by atoms with Gasteiger partial charge in [0.15, 0.2) is 11.2 Å². The normalized spacial score (nSPS) is 16.6. The van der Waals surface area contributed by atoms with Crippen LogP contribution in [0.5, 0.6) is 0 Å². The van der Waals surface area contributed by atoms with Gasteiger partial charge in [0.25, 0.3) is 5.56 Å². The molecule has 1 fully saturated rings. The first-order chi connectivity index (χ1) is 12.4. The zero-order valence-corrected chi connectivity index (χ0v) is 16.5. The van der Waals surface area contributed by atoms with Crippen molar-refractivity contribution in [2.45, 2.75) is 59.0 Å². The van der Waals surface area contributed by atoms with Crippen molar-refractivity contribution in [3.05, 3.63) is 26.7 Å². The van der Waals surface area contributed by atoms with E-state index in [2.05, 4.69) is 23.3 Å². The molecule has 0 N–H and O–H groups in total. The van der Waals surface area contributed by atoms with Crippen molar-refractivity contribution < 1.29 is 0 Å². The molecule has 3 rings (SSSR count). The summed E-state index contributed by atoms with van der Waals surface area (Å²) in [7, 11) is 3.24. The third-order valence-electron chi connectivity index (χ3n) is 5.65. The van der Waals surface area contributed by atoms with Crippen LogP contribution in [0.2, 0.25) is 0 Å². The standard InChI is InChI=1S/C19H31N5O2/c1-5-6-7-10-24-15(13-23-11-8-14(2)9-12-23)20-17-16(24)18(25)22(4)19(26)21(17)3/h14H,5-13H2,1-4H3. The minimum absolute atomic E-state index is 0.245. The third-order valence-corrected chi connectivity index (χ3v) is 5.65. The fourth-order valence-electron chi connectivity index (χ4n) is 3.79. The first-order valence-corrected chi connectivity index (χ1v) is 9.81. The largest absolute Gasteiger partial charge is 0.332 e. The van der Waals surface area contributed by atoms with Crippen LogP contribution in [-0.2, 0) is 27.2 Å². The lowest BCUT2D eigenvalue weighted by Crippen LogP contribution is -2.37. The van der Waals surface area contributed by atoms with E-state index in [0.29, 0.717) is 11.2 Å². The molecule has 26 heavy (non-hydrogen) atoms. The Bertz CT molecular complexity index is 884. The molecule has 1 saturated heterocycles. The van der Waals surface area contributed by atoms with Crippen LogP contribution in [0, 0.1) is 5.92 Å². The predicted molar refractivity (Wildman–Crippen MR) is 103 cm³/mol. The number of rotatable bonds is 6. The van der Waals surface area contributed by atoms with Gasteiger partial charge in [0.2, 0.25) is 0 Å². The van der Waals surface area contributed by atoms with Gasteiger partial charge in [0, 0.05) is 20.6 Å². The summed E-state index contributed by atoms with van der Waals surface area (Å²) in [4.78, 5) is 32.2. The average molecular weight is 361 g/mol. The van der Waals surface area contributed by atoms with Crippen molar-refractivity contribution in [3.8, 4) is 0 Å². The van der Waals surface area contributed by atoms with E-state index in [1.807, 2.05) is 0 Å². The van der Waals surface area contributed by atoms with E-state index in [-0.39, 0.29) is 11.2 Å². The average Bonchev–Trinajstić information content (AvgIpc) is 2.99.